The highest BCUT2D eigenvalue weighted by Gasteiger charge is 2.36. The van der Waals surface area contributed by atoms with Crippen molar-refractivity contribution in [2.24, 2.45) is 11.8 Å². The van der Waals surface area contributed by atoms with Gasteiger partial charge < -0.3 is 9.84 Å². The molecule has 1 aliphatic carbocycles. The molecule has 3 unspecified atom stereocenters. The molecule has 1 aliphatic rings. The molecule has 3 heteroatoms. The highest BCUT2D eigenvalue weighted by Crippen LogP contribution is 2.34. The van der Waals surface area contributed by atoms with Crippen LogP contribution in [0.4, 0.5) is 0 Å². The zero-order valence-electron chi connectivity index (χ0n) is 12.2. The van der Waals surface area contributed by atoms with E-state index >= 15 is 0 Å². The second kappa shape index (κ2) is 7.35. The van der Waals surface area contributed by atoms with Crippen molar-refractivity contribution in [3.05, 3.63) is 24.0 Å². The van der Waals surface area contributed by atoms with Gasteiger partial charge in [-0.05, 0) is 37.8 Å². The van der Waals surface area contributed by atoms with E-state index in [2.05, 4.69) is 13.0 Å². The molecule has 3 atom stereocenters. The SMILES string of the molecule is CCCCCC(C)(O)C(C#N)C1C=CC(OC)=CC1. The third-order valence-electron chi connectivity index (χ3n) is 3.86. The minimum absolute atomic E-state index is 0.0699. The monoisotopic (exact) mass is 263 g/mol. The maximum absolute atomic E-state index is 10.6. The number of hydrogen-bond acceptors (Lipinski definition) is 3. The van der Waals surface area contributed by atoms with Gasteiger partial charge in [-0.1, -0.05) is 32.3 Å². The first kappa shape index (κ1) is 15.8. The van der Waals surface area contributed by atoms with Crippen LogP contribution in [0.2, 0.25) is 0 Å². The van der Waals surface area contributed by atoms with E-state index in [9.17, 15) is 10.4 Å². The summed E-state index contributed by atoms with van der Waals surface area (Å²) in [4.78, 5) is 0. The van der Waals surface area contributed by atoms with Crippen LogP contribution in [0.5, 0.6) is 0 Å². The Morgan fingerprint density at radius 1 is 1.58 bits per heavy atom. The quantitative estimate of drug-likeness (QED) is 0.714. The lowest BCUT2D eigenvalue weighted by Crippen LogP contribution is -2.38. The molecule has 0 bridgehead atoms. The van der Waals surface area contributed by atoms with Crippen molar-refractivity contribution in [3.8, 4) is 6.07 Å². The van der Waals surface area contributed by atoms with Gasteiger partial charge in [0.25, 0.3) is 0 Å². The number of unbranched alkanes of at least 4 members (excludes halogenated alkanes) is 2. The van der Waals surface area contributed by atoms with E-state index in [1.54, 1.807) is 14.0 Å². The van der Waals surface area contributed by atoms with E-state index in [4.69, 9.17) is 4.74 Å². The average molecular weight is 263 g/mol. The number of rotatable bonds is 7. The third kappa shape index (κ3) is 4.40. The van der Waals surface area contributed by atoms with Gasteiger partial charge in [0, 0.05) is 0 Å². The molecule has 0 aliphatic heterocycles. The number of nitriles is 1. The summed E-state index contributed by atoms with van der Waals surface area (Å²) in [5.74, 6) is 0.536. The Balaban J connectivity index is 2.66. The lowest BCUT2D eigenvalue weighted by molar-refractivity contribution is -0.00431. The standard InChI is InChI=1S/C16H25NO2/c1-4-5-6-11-16(2,18)15(12-17)13-7-9-14(19-3)10-8-13/h7,9-10,13,15,18H,4-6,8,11H2,1-3H3. The molecule has 0 spiro atoms. The highest BCUT2D eigenvalue weighted by atomic mass is 16.5. The Kier molecular flexibility index (Phi) is 6.11. The molecule has 0 fully saturated rings. The van der Waals surface area contributed by atoms with E-state index in [1.165, 1.54) is 0 Å². The van der Waals surface area contributed by atoms with E-state index < -0.39 is 5.60 Å². The van der Waals surface area contributed by atoms with Gasteiger partial charge in [0.2, 0.25) is 0 Å². The predicted octanol–water partition coefficient (Wildman–Crippen LogP) is 3.56. The van der Waals surface area contributed by atoms with Crippen LogP contribution >= 0.6 is 0 Å². The predicted molar refractivity (Wildman–Crippen MR) is 76.2 cm³/mol. The molecule has 0 aromatic carbocycles. The Labute approximate surface area is 116 Å². The largest absolute Gasteiger partial charge is 0.497 e. The van der Waals surface area contributed by atoms with Crippen molar-refractivity contribution < 1.29 is 9.84 Å². The van der Waals surface area contributed by atoms with E-state index in [0.717, 1.165) is 31.4 Å². The van der Waals surface area contributed by atoms with Crippen LogP contribution in [0.1, 0.15) is 46.0 Å². The Bertz CT molecular complexity index is 377. The first-order valence-electron chi connectivity index (χ1n) is 7.09. The van der Waals surface area contributed by atoms with Gasteiger partial charge in [-0.25, -0.2) is 0 Å². The zero-order valence-corrected chi connectivity index (χ0v) is 12.2. The fourth-order valence-corrected chi connectivity index (χ4v) is 2.60. The third-order valence-corrected chi connectivity index (χ3v) is 3.86. The van der Waals surface area contributed by atoms with Gasteiger partial charge >= 0.3 is 0 Å². The van der Waals surface area contributed by atoms with Crippen molar-refractivity contribution >= 4 is 0 Å². The number of allylic oxidation sites excluding steroid dienone is 3. The second-order valence-electron chi connectivity index (χ2n) is 5.49. The number of aliphatic hydroxyl groups is 1. The van der Waals surface area contributed by atoms with Gasteiger partial charge in [0.15, 0.2) is 0 Å². The Morgan fingerprint density at radius 2 is 2.32 bits per heavy atom. The summed E-state index contributed by atoms with van der Waals surface area (Å²) in [6, 6.07) is 2.30. The Hall–Kier alpha value is -1.27. The smallest absolute Gasteiger partial charge is 0.114 e. The molecule has 0 saturated heterocycles. The lowest BCUT2D eigenvalue weighted by atomic mass is 9.75. The van der Waals surface area contributed by atoms with Gasteiger partial charge in [0.1, 0.15) is 5.76 Å². The summed E-state index contributed by atoms with van der Waals surface area (Å²) in [7, 11) is 1.64. The lowest BCUT2D eigenvalue weighted by Gasteiger charge is -2.33. The van der Waals surface area contributed by atoms with E-state index in [1.807, 2.05) is 18.2 Å². The van der Waals surface area contributed by atoms with Crippen LogP contribution in [0.25, 0.3) is 0 Å². The molecule has 0 radical (unpaired) electrons. The van der Waals surface area contributed by atoms with Crippen LogP contribution in [-0.4, -0.2) is 17.8 Å². The first-order chi connectivity index (χ1) is 9.05. The highest BCUT2D eigenvalue weighted by molar-refractivity contribution is 5.21. The van der Waals surface area contributed by atoms with E-state index in [-0.39, 0.29) is 11.8 Å². The fourth-order valence-electron chi connectivity index (χ4n) is 2.60. The van der Waals surface area contributed by atoms with Crippen molar-refractivity contribution in [1.29, 1.82) is 5.26 Å². The zero-order chi connectivity index (χ0) is 14.3. The number of methoxy groups -OCH3 is 1. The van der Waals surface area contributed by atoms with Gasteiger partial charge in [-0.2, -0.15) is 5.26 Å². The van der Waals surface area contributed by atoms with Crippen molar-refractivity contribution in [2.75, 3.05) is 7.11 Å². The van der Waals surface area contributed by atoms with Crippen LogP contribution in [0.3, 0.4) is 0 Å². The molecule has 106 valence electrons. The second-order valence-corrected chi connectivity index (χ2v) is 5.49. The summed E-state index contributed by atoms with van der Waals surface area (Å²) in [5.41, 5.74) is -0.919. The van der Waals surface area contributed by atoms with Crippen LogP contribution < -0.4 is 0 Å². The fraction of sp³-hybridized carbons (Fsp3) is 0.688. The maximum atomic E-state index is 10.6. The topological polar surface area (TPSA) is 53.2 Å². The van der Waals surface area contributed by atoms with Crippen LogP contribution in [-0.2, 0) is 4.74 Å². The molecule has 0 saturated carbocycles. The van der Waals surface area contributed by atoms with Crippen molar-refractivity contribution in [1.82, 2.24) is 0 Å². The van der Waals surface area contributed by atoms with Crippen molar-refractivity contribution in [2.45, 2.75) is 51.6 Å². The number of nitrogens with zero attached hydrogens (tertiary/aromatic N) is 1. The molecule has 0 aromatic rings. The molecular formula is C16H25NO2. The summed E-state index contributed by atoms with van der Waals surface area (Å²) in [6.07, 6.45) is 10.5. The Morgan fingerprint density at radius 3 is 2.79 bits per heavy atom. The number of hydrogen-bond donors (Lipinski definition) is 1. The van der Waals surface area contributed by atoms with Crippen LogP contribution in [0, 0.1) is 23.2 Å². The normalized spacial score (nSPS) is 23.1. The maximum Gasteiger partial charge on any atom is 0.114 e. The first-order valence-corrected chi connectivity index (χ1v) is 7.09. The molecule has 1 rings (SSSR count). The summed E-state index contributed by atoms with van der Waals surface area (Å²) < 4.78 is 5.15. The minimum Gasteiger partial charge on any atom is -0.497 e. The molecule has 0 amide bonds. The molecule has 0 aromatic heterocycles. The summed E-state index contributed by atoms with van der Waals surface area (Å²) >= 11 is 0. The van der Waals surface area contributed by atoms with E-state index in [0.29, 0.717) is 6.42 Å². The van der Waals surface area contributed by atoms with Crippen LogP contribution in [0.15, 0.2) is 24.0 Å². The minimum atomic E-state index is -0.919. The number of ether oxygens (including phenoxy) is 1. The van der Waals surface area contributed by atoms with Gasteiger partial charge in [-0.3, -0.25) is 0 Å². The average Bonchev–Trinajstić information content (AvgIpc) is 2.40. The molecule has 1 N–H and O–H groups in total. The molecular weight excluding hydrogens is 238 g/mol. The van der Waals surface area contributed by atoms with Crippen molar-refractivity contribution in [3.63, 3.8) is 0 Å². The molecule has 3 nitrogen and oxygen atoms in total. The van der Waals surface area contributed by atoms with Gasteiger partial charge in [0.05, 0.1) is 24.7 Å². The summed E-state index contributed by atoms with van der Waals surface area (Å²) in [6.45, 7) is 3.93. The van der Waals surface area contributed by atoms with Gasteiger partial charge in [-0.15, -0.1) is 0 Å². The summed E-state index contributed by atoms with van der Waals surface area (Å²) in [5, 5.41) is 20.0. The molecule has 0 heterocycles. The molecule has 19 heavy (non-hydrogen) atoms.